The molecular formula is C22H28N2O2. The zero-order chi connectivity index (χ0) is 19.3. The van der Waals surface area contributed by atoms with Crippen LogP contribution in [0, 0.1) is 5.41 Å². The molecule has 2 aromatic carbocycles. The van der Waals surface area contributed by atoms with Gasteiger partial charge < -0.3 is 10.2 Å². The van der Waals surface area contributed by atoms with Crippen LogP contribution in [-0.2, 0) is 16.1 Å². The molecule has 0 bridgehead atoms. The largest absolute Gasteiger partial charge is 0.341 e. The summed E-state index contributed by atoms with van der Waals surface area (Å²) in [6, 6.07) is 17.5. The molecule has 2 rings (SSSR count). The number of rotatable bonds is 6. The van der Waals surface area contributed by atoms with Crippen LogP contribution in [0.1, 0.15) is 44.7 Å². The fraction of sp³-hybridized carbons (Fsp3) is 0.364. The summed E-state index contributed by atoms with van der Waals surface area (Å²) < 4.78 is 0. The Balaban J connectivity index is 2.13. The van der Waals surface area contributed by atoms with E-state index < -0.39 is 5.41 Å². The lowest BCUT2D eigenvalue weighted by atomic mass is 9.89. The van der Waals surface area contributed by atoms with E-state index in [1.54, 1.807) is 25.8 Å². The summed E-state index contributed by atoms with van der Waals surface area (Å²) in [5.74, 6) is -0.220. The third-order valence-corrected chi connectivity index (χ3v) is 4.54. The van der Waals surface area contributed by atoms with Crippen LogP contribution in [0.5, 0.6) is 0 Å². The molecule has 0 unspecified atom stereocenters. The molecule has 2 aromatic rings. The third kappa shape index (κ3) is 4.51. The first kappa shape index (κ1) is 19.7. The SMILES string of the molecule is CC(C)c1ccccc1NC(=O)C(C)(C)C(=O)N(C)Cc1ccccc1. The fourth-order valence-corrected chi connectivity index (χ4v) is 2.90. The van der Waals surface area contributed by atoms with Crippen molar-refractivity contribution in [2.24, 2.45) is 5.41 Å². The number of carbonyl (C=O) groups excluding carboxylic acids is 2. The van der Waals surface area contributed by atoms with Crippen molar-refractivity contribution in [3.8, 4) is 0 Å². The van der Waals surface area contributed by atoms with E-state index in [-0.39, 0.29) is 17.7 Å². The van der Waals surface area contributed by atoms with Gasteiger partial charge in [0.05, 0.1) is 0 Å². The first-order chi connectivity index (χ1) is 12.2. The molecule has 0 heterocycles. The zero-order valence-corrected chi connectivity index (χ0v) is 16.2. The van der Waals surface area contributed by atoms with Gasteiger partial charge in [-0.15, -0.1) is 0 Å². The first-order valence-electron chi connectivity index (χ1n) is 8.93. The van der Waals surface area contributed by atoms with Crippen molar-refractivity contribution in [2.75, 3.05) is 12.4 Å². The van der Waals surface area contributed by atoms with Crippen molar-refractivity contribution in [3.63, 3.8) is 0 Å². The molecule has 1 N–H and O–H groups in total. The van der Waals surface area contributed by atoms with E-state index in [0.717, 1.165) is 16.8 Å². The van der Waals surface area contributed by atoms with Gasteiger partial charge in [0.1, 0.15) is 5.41 Å². The summed E-state index contributed by atoms with van der Waals surface area (Å²) in [5, 5.41) is 2.95. The van der Waals surface area contributed by atoms with E-state index in [1.807, 2.05) is 54.6 Å². The van der Waals surface area contributed by atoms with E-state index >= 15 is 0 Å². The highest BCUT2D eigenvalue weighted by atomic mass is 16.2. The summed E-state index contributed by atoms with van der Waals surface area (Å²) >= 11 is 0. The van der Waals surface area contributed by atoms with Crippen molar-refractivity contribution in [1.29, 1.82) is 0 Å². The maximum absolute atomic E-state index is 12.9. The molecule has 2 amide bonds. The number of benzene rings is 2. The second-order valence-corrected chi connectivity index (χ2v) is 7.47. The van der Waals surface area contributed by atoms with Gasteiger partial charge in [-0.25, -0.2) is 0 Å². The van der Waals surface area contributed by atoms with Crippen LogP contribution >= 0.6 is 0 Å². The lowest BCUT2D eigenvalue weighted by molar-refractivity contribution is -0.145. The molecule has 0 saturated heterocycles. The molecular weight excluding hydrogens is 324 g/mol. The van der Waals surface area contributed by atoms with E-state index in [9.17, 15) is 9.59 Å². The van der Waals surface area contributed by atoms with Crippen LogP contribution in [0.25, 0.3) is 0 Å². The molecule has 0 radical (unpaired) electrons. The Hall–Kier alpha value is -2.62. The van der Waals surface area contributed by atoms with Crippen molar-refractivity contribution in [2.45, 2.75) is 40.2 Å². The Morgan fingerprint density at radius 2 is 1.58 bits per heavy atom. The van der Waals surface area contributed by atoms with Gasteiger partial charge in [0.15, 0.2) is 0 Å². The van der Waals surface area contributed by atoms with Crippen LogP contribution in [0.4, 0.5) is 5.69 Å². The molecule has 4 nitrogen and oxygen atoms in total. The maximum atomic E-state index is 12.9. The van der Waals surface area contributed by atoms with Gasteiger partial charge in [-0.1, -0.05) is 62.4 Å². The van der Waals surface area contributed by atoms with Crippen LogP contribution in [-0.4, -0.2) is 23.8 Å². The Morgan fingerprint density at radius 1 is 1.00 bits per heavy atom. The molecule has 0 aliphatic carbocycles. The lowest BCUT2D eigenvalue weighted by Gasteiger charge is -2.29. The van der Waals surface area contributed by atoms with Crippen molar-refractivity contribution in [1.82, 2.24) is 4.90 Å². The van der Waals surface area contributed by atoms with Crippen molar-refractivity contribution >= 4 is 17.5 Å². The average molecular weight is 352 g/mol. The summed E-state index contributed by atoms with van der Waals surface area (Å²) in [5.41, 5.74) is 1.69. The average Bonchev–Trinajstić information content (AvgIpc) is 2.62. The van der Waals surface area contributed by atoms with Crippen LogP contribution in [0.3, 0.4) is 0 Å². The van der Waals surface area contributed by atoms with E-state index in [2.05, 4.69) is 19.2 Å². The maximum Gasteiger partial charge on any atom is 0.239 e. The summed E-state index contributed by atoms with van der Waals surface area (Å²) in [7, 11) is 1.73. The van der Waals surface area contributed by atoms with Crippen LogP contribution in [0.2, 0.25) is 0 Å². The van der Waals surface area contributed by atoms with Gasteiger partial charge >= 0.3 is 0 Å². The van der Waals surface area contributed by atoms with Crippen molar-refractivity contribution in [3.05, 3.63) is 65.7 Å². The molecule has 0 aliphatic rings. The van der Waals surface area contributed by atoms with Gasteiger partial charge in [0, 0.05) is 19.3 Å². The predicted octanol–water partition coefficient (Wildman–Crippen LogP) is 4.43. The highest BCUT2D eigenvalue weighted by Crippen LogP contribution is 2.27. The second kappa shape index (κ2) is 8.17. The predicted molar refractivity (Wildman–Crippen MR) is 106 cm³/mol. The monoisotopic (exact) mass is 352 g/mol. The number of para-hydroxylation sites is 1. The number of nitrogens with zero attached hydrogens (tertiary/aromatic N) is 1. The molecule has 4 heteroatoms. The van der Waals surface area contributed by atoms with Gasteiger partial charge in [0.25, 0.3) is 0 Å². The van der Waals surface area contributed by atoms with E-state index in [1.165, 1.54) is 0 Å². The molecule has 0 spiro atoms. The number of hydrogen-bond acceptors (Lipinski definition) is 2. The quantitative estimate of drug-likeness (QED) is 0.782. The second-order valence-electron chi connectivity index (χ2n) is 7.47. The minimum absolute atomic E-state index is 0.208. The van der Waals surface area contributed by atoms with Gasteiger partial charge in [-0.2, -0.15) is 0 Å². The Kier molecular flexibility index (Phi) is 6.19. The zero-order valence-electron chi connectivity index (χ0n) is 16.2. The minimum Gasteiger partial charge on any atom is -0.341 e. The van der Waals surface area contributed by atoms with E-state index in [0.29, 0.717) is 6.54 Å². The first-order valence-corrected chi connectivity index (χ1v) is 8.93. The summed E-state index contributed by atoms with van der Waals surface area (Å²) in [6.45, 7) is 7.97. The number of amides is 2. The topological polar surface area (TPSA) is 49.4 Å². The van der Waals surface area contributed by atoms with Crippen LogP contribution in [0.15, 0.2) is 54.6 Å². The van der Waals surface area contributed by atoms with Crippen molar-refractivity contribution < 1.29 is 9.59 Å². The minimum atomic E-state index is -1.16. The number of anilines is 1. The molecule has 0 atom stereocenters. The van der Waals surface area contributed by atoms with Gasteiger partial charge in [0.2, 0.25) is 11.8 Å². The summed E-state index contributed by atoms with van der Waals surface area (Å²) in [4.78, 5) is 27.3. The molecule has 138 valence electrons. The number of carbonyl (C=O) groups is 2. The van der Waals surface area contributed by atoms with Gasteiger partial charge in [-0.05, 0) is 37.0 Å². The Bertz CT molecular complexity index is 767. The highest BCUT2D eigenvalue weighted by molar-refractivity contribution is 6.10. The molecule has 0 fully saturated rings. The number of hydrogen-bond donors (Lipinski definition) is 1. The molecule has 0 saturated carbocycles. The molecule has 26 heavy (non-hydrogen) atoms. The number of nitrogens with one attached hydrogen (secondary N) is 1. The fourth-order valence-electron chi connectivity index (χ4n) is 2.90. The highest BCUT2D eigenvalue weighted by Gasteiger charge is 2.38. The van der Waals surface area contributed by atoms with E-state index in [4.69, 9.17) is 0 Å². The normalized spacial score (nSPS) is 11.3. The lowest BCUT2D eigenvalue weighted by Crippen LogP contribution is -2.45. The Morgan fingerprint density at radius 3 is 2.19 bits per heavy atom. The summed E-state index contributed by atoms with van der Waals surface area (Å²) in [6.07, 6.45) is 0. The smallest absolute Gasteiger partial charge is 0.239 e. The molecule has 0 aromatic heterocycles. The standard InChI is InChI=1S/C22H28N2O2/c1-16(2)18-13-9-10-14-19(18)23-20(25)22(3,4)21(26)24(5)15-17-11-7-6-8-12-17/h6-14,16H,15H2,1-5H3,(H,23,25). The molecule has 0 aliphatic heterocycles. The van der Waals surface area contributed by atoms with Crippen LogP contribution < -0.4 is 5.32 Å². The van der Waals surface area contributed by atoms with Gasteiger partial charge in [-0.3, -0.25) is 9.59 Å². The Labute approximate surface area is 156 Å². The third-order valence-electron chi connectivity index (χ3n) is 4.54.